The molecule has 1 heterocycles. The van der Waals surface area contributed by atoms with Gasteiger partial charge in [-0.1, -0.05) is 20.3 Å². The average Bonchev–Trinajstić information content (AvgIpc) is 2.58. The van der Waals surface area contributed by atoms with E-state index >= 15 is 0 Å². The van der Waals surface area contributed by atoms with Crippen molar-refractivity contribution in [3.05, 3.63) is 23.9 Å². The van der Waals surface area contributed by atoms with Crippen LogP contribution in [-0.2, 0) is 16.1 Å². The topological polar surface area (TPSA) is 80.3 Å². The Balaban J connectivity index is 1.90. The van der Waals surface area contributed by atoms with Gasteiger partial charge >= 0.3 is 0 Å². The molecule has 1 aromatic heterocycles. The van der Waals surface area contributed by atoms with E-state index in [1.807, 2.05) is 26.0 Å². The Morgan fingerprint density at radius 3 is 2.64 bits per heavy atom. The quantitative estimate of drug-likeness (QED) is 0.794. The molecule has 0 saturated heterocycles. The molecule has 1 aliphatic carbocycles. The summed E-state index contributed by atoms with van der Waals surface area (Å²) in [7, 11) is 0. The van der Waals surface area contributed by atoms with E-state index in [0.717, 1.165) is 18.4 Å². The van der Waals surface area contributed by atoms with Gasteiger partial charge in [0, 0.05) is 25.7 Å². The molecular formula is C19H29N3O3. The van der Waals surface area contributed by atoms with E-state index in [2.05, 4.69) is 15.6 Å². The molecular weight excluding hydrogens is 318 g/mol. The Morgan fingerprint density at radius 1 is 1.28 bits per heavy atom. The van der Waals surface area contributed by atoms with Crippen molar-refractivity contribution >= 4 is 11.8 Å². The minimum absolute atomic E-state index is 0.0199. The molecule has 0 aromatic carbocycles. The molecule has 2 N–H and O–H groups in total. The monoisotopic (exact) mass is 347 g/mol. The first-order valence-corrected chi connectivity index (χ1v) is 9.12. The van der Waals surface area contributed by atoms with E-state index in [4.69, 9.17) is 4.74 Å². The van der Waals surface area contributed by atoms with Gasteiger partial charge in [-0.05, 0) is 43.2 Å². The molecule has 6 heteroatoms. The van der Waals surface area contributed by atoms with Crippen molar-refractivity contribution in [2.45, 2.75) is 71.6 Å². The third-order valence-corrected chi connectivity index (χ3v) is 4.41. The van der Waals surface area contributed by atoms with Crippen LogP contribution in [0.15, 0.2) is 18.3 Å². The summed E-state index contributed by atoms with van der Waals surface area (Å²) in [6, 6.07) is 3.20. The minimum Gasteiger partial charge on any atom is -0.474 e. The van der Waals surface area contributed by atoms with E-state index < -0.39 is 6.04 Å². The van der Waals surface area contributed by atoms with Crippen LogP contribution in [0.2, 0.25) is 0 Å². The van der Waals surface area contributed by atoms with E-state index in [0.29, 0.717) is 12.4 Å². The fraction of sp³-hybridized carbons (Fsp3) is 0.632. The molecule has 25 heavy (non-hydrogen) atoms. The highest BCUT2D eigenvalue weighted by Gasteiger charge is 2.22. The molecule has 0 aliphatic heterocycles. The minimum atomic E-state index is -0.530. The number of carbonyl (C=O) groups is 2. The van der Waals surface area contributed by atoms with Crippen LogP contribution in [0.25, 0.3) is 0 Å². The van der Waals surface area contributed by atoms with Crippen LogP contribution in [0.5, 0.6) is 5.88 Å². The second kappa shape index (κ2) is 9.39. The number of hydrogen-bond acceptors (Lipinski definition) is 4. The Bertz CT molecular complexity index is 583. The van der Waals surface area contributed by atoms with E-state index in [-0.39, 0.29) is 23.8 Å². The van der Waals surface area contributed by atoms with Gasteiger partial charge in [-0.25, -0.2) is 4.98 Å². The molecule has 0 unspecified atom stereocenters. The number of nitrogens with zero attached hydrogens (tertiary/aromatic N) is 1. The van der Waals surface area contributed by atoms with Crippen LogP contribution in [0.1, 0.15) is 58.4 Å². The van der Waals surface area contributed by atoms with Gasteiger partial charge in [-0.3, -0.25) is 9.59 Å². The van der Waals surface area contributed by atoms with Crippen LogP contribution < -0.4 is 15.4 Å². The summed E-state index contributed by atoms with van der Waals surface area (Å²) in [5, 5.41) is 5.57. The molecule has 0 bridgehead atoms. The zero-order valence-corrected chi connectivity index (χ0v) is 15.4. The Morgan fingerprint density at radius 2 is 2.00 bits per heavy atom. The second-order valence-electron chi connectivity index (χ2n) is 7.02. The highest BCUT2D eigenvalue weighted by molar-refractivity contribution is 5.87. The summed E-state index contributed by atoms with van der Waals surface area (Å²) in [6.07, 6.45) is 7.81. The number of hydrogen-bond donors (Lipinski definition) is 2. The molecule has 138 valence electrons. The number of nitrogens with one attached hydrogen (secondary N) is 2. The van der Waals surface area contributed by atoms with Crippen LogP contribution in [-0.4, -0.2) is 28.9 Å². The average molecular weight is 347 g/mol. The fourth-order valence-electron chi connectivity index (χ4n) is 3.03. The first kappa shape index (κ1) is 19.2. The molecule has 6 nitrogen and oxygen atoms in total. The molecule has 2 rings (SSSR count). The van der Waals surface area contributed by atoms with Gasteiger partial charge in [0.2, 0.25) is 17.7 Å². The van der Waals surface area contributed by atoms with Gasteiger partial charge < -0.3 is 15.4 Å². The molecule has 0 radical (unpaired) electrons. The predicted octanol–water partition coefficient (Wildman–Crippen LogP) is 2.57. The van der Waals surface area contributed by atoms with E-state index in [9.17, 15) is 9.59 Å². The summed E-state index contributed by atoms with van der Waals surface area (Å²) >= 11 is 0. The first-order valence-electron chi connectivity index (χ1n) is 9.12. The van der Waals surface area contributed by atoms with Crippen molar-refractivity contribution in [3.63, 3.8) is 0 Å². The maximum absolute atomic E-state index is 12.3. The lowest BCUT2D eigenvalue weighted by atomic mass is 9.98. The first-order chi connectivity index (χ1) is 12.0. The number of rotatable bonds is 7. The van der Waals surface area contributed by atoms with Crippen LogP contribution in [0.4, 0.5) is 0 Å². The number of pyridine rings is 1. The highest BCUT2D eigenvalue weighted by Crippen LogP contribution is 2.22. The lowest BCUT2D eigenvalue weighted by Gasteiger charge is -2.23. The van der Waals surface area contributed by atoms with Crippen molar-refractivity contribution in [2.24, 2.45) is 5.92 Å². The van der Waals surface area contributed by atoms with E-state index in [1.54, 1.807) is 6.20 Å². The normalized spacial score (nSPS) is 16.3. The van der Waals surface area contributed by atoms with Crippen molar-refractivity contribution in [1.29, 1.82) is 0 Å². The molecule has 2 amide bonds. The van der Waals surface area contributed by atoms with Crippen LogP contribution in [0.3, 0.4) is 0 Å². The Hall–Kier alpha value is -2.11. The van der Waals surface area contributed by atoms with E-state index in [1.165, 1.54) is 26.2 Å². The van der Waals surface area contributed by atoms with Crippen molar-refractivity contribution in [1.82, 2.24) is 15.6 Å². The third kappa shape index (κ3) is 6.36. The van der Waals surface area contributed by atoms with Gasteiger partial charge in [-0.15, -0.1) is 0 Å². The van der Waals surface area contributed by atoms with Gasteiger partial charge in [-0.2, -0.15) is 0 Å². The van der Waals surface area contributed by atoms with Crippen molar-refractivity contribution in [3.8, 4) is 5.88 Å². The summed E-state index contributed by atoms with van der Waals surface area (Å²) in [6.45, 7) is 5.61. The van der Waals surface area contributed by atoms with Gasteiger partial charge in [0.25, 0.3) is 0 Å². The highest BCUT2D eigenvalue weighted by atomic mass is 16.5. The summed E-state index contributed by atoms with van der Waals surface area (Å²) < 4.78 is 5.96. The largest absolute Gasteiger partial charge is 0.474 e. The van der Waals surface area contributed by atoms with Crippen LogP contribution >= 0.6 is 0 Å². The Labute approximate surface area is 149 Å². The molecule has 1 saturated carbocycles. The lowest BCUT2D eigenvalue weighted by Crippen LogP contribution is -2.48. The Kier molecular flexibility index (Phi) is 7.22. The molecule has 1 aliphatic rings. The fourth-order valence-corrected chi connectivity index (χ4v) is 3.03. The molecule has 0 spiro atoms. The number of aromatic nitrogens is 1. The SMILES string of the molecule is CC(=O)N[C@H](C(=O)NCc1ccnc(OC2CCCCC2)c1)C(C)C. The number of carbonyl (C=O) groups excluding carboxylic acids is 2. The van der Waals surface area contributed by atoms with Crippen molar-refractivity contribution < 1.29 is 14.3 Å². The third-order valence-electron chi connectivity index (χ3n) is 4.41. The van der Waals surface area contributed by atoms with Crippen molar-refractivity contribution in [2.75, 3.05) is 0 Å². The lowest BCUT2D eigenvalue weighted by molar-refractivity contribution is -0.129. The zero-order chi connectivity index (χ0) is 18.2. The standard InChI is InChI=1S/C19H29N3O3/c1-13(2)18(22-14(3)23)19(24)21-12-15-9-10-20-17(11-15)25-16-7-5-4-6-8-16/h9-11,13,16,18H,4-8,12H2,1-3H3,(H,21,24)(H,22,23)/t18-/m0/s1. The summed E-state index contributed by atoms with van der Waals surface area (Å²) in [4.78, 5) is 27.8. The van der Waals surface area contributed by atoms with Gasteiger partial charge in [0.05, 0.1) is 0 Å². The number of amides is 2. The van der Waals surface area contributed by atoms with Gasteiger partial charge in [0.15, 0.2) is 0 Å². The maximum atomic E-state index is 12.3. The van der Waals surface area contributed by atoms with Crippen LogP contribution in [0, 0.1) is 5.92 Å². The smallest absolute Gasteiger partial charge is 0.243 e. The molecule has 1 fully saturated rings. The summed E-state index contributed by atoms with van der Waals surface area (Å²) in [5.41, 5.74) is 0.930. The maximum Gasteiger partial charge on any atom is 0.243 e. The molecule has 1 atom stereocenters. The number of ether oxygens (including phenoxy) is 1. The van der Waals surface area contributed by atoms with Gasteiger partial charge in [0.1, 0.15) is 12.1 Å². The predicted molar refractivity (Wildman–Crippen MR) is 96.0 cm³/mol. The zero-order valence-electron chi connectivity index (χ0n) is 15.4. The second-order valence-corrected chi connectivity index (χ2v) is 7.02. The summed E-state index contributed by atoms with van der Waals surface area (Å²) in [5.74, 6) is 0.241. The molecule has 1 aromatic rings.